The summed E-state index contributed by atoms with van der Waals surface area (Å²) in [7, 11) is 1.88. The summed E-state index contributed by atoms with van der Waals surface area (Å²) in [5.41, 5.74) is 0.582. The first kappa shape index (κ1) is 10.8. The normalized spacial score (nSPS) is 10.8. The van der Waals surface area contributed by atoms with Gasteiger partial charge in [0.05, 0.1) is 5.39 Å². The number of fused-ring (bicyclic) bond motifs is 1. The minimum Gasteiger partial charge on any atom is -0.320 e. The van der Waals surface area contributed by atoms with Crippen LogP contribution in [0.3, 0.4) is 0 Å². The summed E-state index contributed by atoms with van der Waals surface area (Å²) in [4.78, 5) is 12.0. The van der Waals surface area contributed by atoms with Gasteiger partial charge in [-0.25, -0.2) is 4.68 Å². The first-order valence-electron chi connectivity index (χ1n) is 5.30. The van der Waals surface area contributed by atoms with E-state index in [-0.39, 0.29) is 5.56 Å². The predicted molar refractivity (Wildman–Crippen MR) is 62.3 cm³/mol. The maximum atomic E-state index is 12.0. The average Bonchev–Trinajstić information content (AvgIpc) is 2.33. The number of nitrogens with zero attached hydrogens (tertiary/aromatic N) is 3. The molecule has 5 heteroatoms. The molecule has 0 unspecified atom stereocenters. The van der Waals surface area contributed by atoms with Gasteiger partial charge >= 0.3 is 0 Å². The van der Waals surface area contributed by atoms with Gasteiger partial charge in [-0.1, -0.05) is 17.3 Å². The van der Waals surface area contributed by atoms with Crippen LogP contribution < -0.4 is 10.9 Å². The van der Waals surface area contributed by atoms with Crippen molar-refractivity contribution in [3.63, 3.8) is 0 Å². The molecule has 0 aliphatic rings. The standard InChI is InChI=1S/C11H14N4O/c1-12-7-4-8-15-11(16)9-5-2-3-6-10(9)13-14-15/h2-3,5-6,12H,4,7-8H2,1H3. The van der Waals surface area contributed by atoms with Crippen molar-refractivity contribution in [2.75, 3.05) is 13.6 Å². The van der Waals surface area contributed by atoms with Crippen molar-refractivity contribution < 1.29 is 0 Å². The summed E-state index contributed by atoms with van der Waals surface area (Å²) < 4.78 is 1.42. The average molecular weight is 218 g/mol. The third kappa shape index (κ3) is 2.09. The molecule has 16 heavy (non-hydrogen) atoms. The minimum atomic E-state index is -0.0679. The van der Waals surface area contributed by atoms with Gasteiger partial charge in [0.25, 0.3) is 5.56 Å². The van der Waals surface area contributed by atoms with E-state index in [0.29, 0.717) is 17.4 Å². The first-order valence-corrected chi connectivity index (χ1v) is 5.30. The van der Waals surface area contributed by atoms with E-state index >= 15 is 0 Å². The van der Waals surface area contributed by atoms with Crippen molar-refractivity contribution in [2.24, 2.45) is 0 Å². The van der Waals surface area contributed by atoms with Crippen LogP contribution in [-0.4, -0.2) is 28.6 Å². The van der Waals surface area contributed by atoms with Crippen LogP contribution >= 0.6 is 0 Å². The highest BCUT2D eigenvalue weighted by Crippen LogP contribution is 2.03. The summed E-state index contributed by atoms with van der Waals surface area (Å²) >= 11 is 0. The largest absolute Gasteiger partial charge is 0.320 e. The zero-order valence-electron chi connectivity index (χ0n) is 9.18. The highest BCUT2D eigenvalue weighted by atomic mass is 16.1. The molecule has 0 aliphatic heterocycles. The second kappa shape index (κ2) is 4.85. The lowest BCUT2D eigenvalue weighted by Gasteiger charge is -2.03. The fraction of sp³-hybridized carbons (Fsp3) is 0.364. The van der Waals surface area contributed by atoms with Crippen LogP contribution in [0, 0.1) is 0 Å². The molecule has 1 aromatic carbocycles. The molecule has 0 saturated carbocycles. The topological polar surface area (TPSA) is 59.8 Å². The van der Waals surface area contributed by atoms with Gasteiger partial charge in [0, 0.05) is 6.54 Å². The van der Waals surface area contributed by atoms with E-state index in [1.807, 2.05) is 19.2 Å². The van der Waals surface area contributed by atoms with Crippen LogP contribution in [0.15, 0.2) is 29.1 Å². The summed E-state index contributed by atoms with van der Waals surface area (Å²) in [6.07, 6.45) is 0.865. The lowest BCUT2D eigenvalue weighted by atomic mass is 10.2. The molecule has 0 radical (unpaired) electrons. The van der Waals surface area contributed by atoms with Crippen molar-refractivity contribution in [1.82, 2.24) is 20.3 Å². The third-order valence-corrected chi connectivity index (χ3v) is 2.43. The zero-order valence-corrected chi connectivity index (χ0v) is 9.18. The predicted octanol–water partition coefficient (Wildman–Crippen LogP) is 0.401. The van der Waals surface area contributed by atoms with Crippen LogP contribution in [0.25, 0.3) is 10.9 Å². The Balaban J connectivity index is 2.33. The van der Waals surface area contributed by atoms with Crippen molar-refractivity contribution in [2.45, 2.75) is 13.0 Å². The molecule has 2 rings (SSSR count). The fourth-order valence-electron chi connectivity index (χ4n) is 1.58. The molecule has 1 N–H and O–H groups in total. The van der Waals surface area contributed by atoms with E-state index in [1.54, 1.807) is 12.1 Å². The van der Waals surface area contributed by atoms with Gasteiger partial charge in [0.15, 0.2) is 0 Å². The fourth-order valence-corrected chi connectivity index (χ4v) is 1.58. The molecule has 0 bridgehead atoms. The number of nitrogens with one attached hydrogen (secondary N) is 1. The minimum absolute atomic E-state index is 0.0679. The maximum absolute atomic E-state index is 12.0. The van der Waals surface area contributed by atoms with Crippen LogP contribution in [0.4, 0.5) is 0 Å². The highest BCUT2D eigenvalue weighted by molar-refractivity contribution is 5.76. The molecule has 1 heterocycles. The number of aromatic nitrogens is 3. The SMILES string of the molecule is CNCCCn1nnc2ccccc2c1=O. The molecule has 0 spiro atoms. The molecule has 0 fully saturated rings. The summed E-state index contributed by atoms with van der Waals surface area (Å²) in [6.45, 7) is 1.46. The van der Waals surface area contributed by atoms with Crippen molar-refractivity contribution in [3.05, 3.63) is 34.6 Å². The monoisotopic (exact) mass is 218 g/mol. The van der Waals surface area contributed by atoms with Gasteiger partial charge < -0.3 is 5.32 Å². The van der Waals surface area contributed by atoms with Gasteiger partial charge in [-0.2, -0.15) is 0 Å². The van der Waals surface area contributed by atoms with Crippen molar-refractivity contribution in [1.29, 1.82) is 0 Å². The summed E-state index contributed by atoms with van der Waals surface area (Å²) in [5.74, 6) is 0. The van der Waals surface area contributed by atoms with E-state index in [4.69, 9.17) is 0 Å². The zero-order chi connectivity index (χ0) is 11.4. The summed E-state index contributed by atoms with van der Waals surface area (Å²) in [6, 6.07) is 7.26. The number of hydrogen-bond donors (Lipinski definition) is 1. The van der Waals surface area contributed by atoms with Crippen molar-refractivity contribution in [3.8, 4) is 0 Å². The number of benzene rings is 1. The second-order valence-electron chi connectivity index (χ2n) is 3.59. The van der Waals surface area contributed by atoms with Crippen LogP contribution in [0.2, 0.25) is 0 Å². The lowest BCUT2D eigenvalue weighted by Crippen LogP contribution is -2.25. The second-order valence-corrected chi connectivity index (χ2v) is 3.59. The molecular formula is C11H14N4O. The van der Waals surface area contributed by atoms with E-state index in [0.717, 1.165) is 13.0 Å². The molecule has 0 amide bonds. The Hall–Kier alpha value is -1.75. The Morgan fingerprint density at radius 3 is 3.00 bits per heavy atom. The Kier molecular flexibility index (Phi) is 3.26. The molecule has 0 saturated heterocycles. The quantitative estimate of drug-likeness (QED) is 0.755. The number of aryl methyl sites for hydroxylation is 1. The number of hydrogen-bond acceptors (Lipinski definition) is 4. The van der Waals surface area contributed by atoms with E-state index in [9.17, 15) is 4.79 Å². The smallest absolute Gasteiger partial charge is 0.277 e. The molecule has 1 aromatic heterocycles. The third-order valence-electron chi connectivity index (χ3n) is 2.43. The van der Waals surface area contributed by atoms with Crippen LogP contribution in [0.5, 0.6) is 0 Å². The van der Waals surface area contributed by atoms with Crippen molar-refractivity contribution >= 4 is 10.9 Å². The Bertz CT molecular complexity index is 535. The molecule has 0 aliphatic carbocycles. The maximum Gasteiger partial charge on any atom is 0.277 e. The van der Waals surface area contributed by atoms with E-state index in [1.165, 1.54) is 4.68 Å². The molecule has 84 valence electrons. The van der Waals surface area contributed by atoms with Crippen LogP contribution in [0.1, 0.15) is 6.42 Å². The molecular weight excluding hydrogens is 204 g/mol. The first-order chi connectivity index (χ1) is 7.83. The van der Waals surface area contributed by atoms with E-state index < -0.39 is 0 Å². The van der Waals surface area contributed by atoms with Gasteiger partial charge in [-0.05, 0) is 32.1 Å². The van der Waals surface area contributed by atoms with Gasteiger partial charge in [0.1, 0.15) is 5.52 Å². The van der Waals surface area contributed by atoms with Gasteiger partial charge in [-0.3, -0.25) is 4.79 Å². The highest BCUT2D eigenvalue weighted by Gasteiger charge is 2.03. The van der Waals surface area contributed by atoms with Gasteiger partial charge in [0.2, 0.25) is 0 Å². The lowest BCUT2D eigenvalue weighted by molar-refractivity contribution is 0.516. The summed E-state index contributed by atoms with van der Waals surface area (Å²) in [5, 5.41) is 11.6. The number of rotatable bonds is 4. The van der Waals surface area contributed by atoms with Crippen LogP contribution in [-0.2, 0) is 6.54 Å². The Morgan fingerprint density at radius 2 is 2.19 bits per heavy atom. The molecule has 2 aromatic rings. The molecule has 5 nitrogen and oxygen atoms in total. The Labute approximate surface area is 93.1 Å². The van der Waals surface area contributed by atoms with E-state index in [2.05, 4.69) is 15.6 Å². The Morgan fingerprint density at radius 1 is 1.38 bits per heavy atom. The molecule has 0 atom stereocenters. The van der Waals surface area contributed by atoms with Gasteiger partial charge in [-0.15, -0.1) is 5.10 Å².